The van der Waals surface area contributed by atoms with Gasteiger partial charge in [-0.1, -0.05) is 32.0 Å². The Bertz CT molecular complexity index is 337. The summed E-state index contributed by atoms with van der Waals surface area (Å²) < 4.78 is 6.17. The number of aryl methyl sites for hydroxylation is 1. The summed E-state index contributed by atoms with van der Waals surface area (Å²) in [6.45, 7) is 10.6. The van der Waals surface area contributed by atoms with Gasteiger partial charge < -0.3 is 10.1 Å². The Morgan fingerprint density at radius 1 is 1.24 bits per heavy atom. The zero-order chi connectivity index (χ0) is 12.7. The second-order valence-corrected chi connectivity index (χ2v) is 4.85. The highest BCUT2D eigenvalue weighted by Crippen LogP contribution is 2.24. The van der Waals surface area contributed by atoms with Gasteiger partial charge in [0.1, 0.15) is 11.4 Å². The van der Waals surface area contributed by atoms with Gasteiger partial charge in [-0.05, 0) is 44.9 Å². The van der Waals surface area contributed by atoms with Crippen LogP contribution in [0.1, 0.15) is 39.2 Å². The zero-order valence-corrected chi connectivity index (χ0v) is 11.5. The average Bonchev–Trinajstić information content (AvgIpc) is 2.33. The summed E-state index contributed by atoms with van der Waals surface area (Å²) in [6.07, 6.45) is 2.15. The first-order valence-corrected chi connectivity index (χ1v) is 6.56. The highest BCUT2D eigenvalue weighted by atomic mass is 16.5. The van der Waals surface area contributed by atoms with E-state index in [1.807, 2.05) is 18.2 Å². The highest BCUT2D eigenvalue weighted by molar-refractivity contribution is 5.32. The summed E-state index contributed by atoms with van der Waals surface area (Å²) in [6, 6.07) is 8.20. The van der Waals surface area contributed by atoms with Crippen LogP contribution in [0.4, 0.5) is 0 Å². The van der Waals surface area contributed by atoms with E-state index in [2.05, 4.69) is 39.1 Å². The summed E-state index contributed by atoms with van der Waals surface area (Å²) in [7, 11) is 0. The summed E-state index contributed by atoms with van der Waals surface area (Å²) in [5.41, 5.74) is 1.07. The molecule has 0 spiro atoms. The number of hydrogen-bond donors (Lipinski definition) is 1. The van der Waals surface area contributed by atoms with E-state index in [9.17, 15) is 0 Å². The lowest BCUT2D eigenvalue weighted by atomic mass is 10.0. The molecule has 96 valence electrons. The number of ether oxygens (including phenoxy) is 1. The Balaban J connectivity index is 2.65. The van der Waals surface area contributed by atoms with Gasteiger partial charge in [0.15, 0.2) is 0 Å². The molecule has 0 fully saturated rings. The van der Waals surface area contributed by atoms with Crippen molar-refractivity contribution in [2.75, 3.05) is 13.1 Å². The molecule has 0 aromatic heterocycles. The van der Waals surface area contributed by atoms with Gasteiger partial charge in [-0.2, -0.15) is 0 Å². The maximum Gasteiger partial charge on any atom is 0.123 e. The molecule has 2 nitrogen and oxygen atoms in total. The third-order valence-corrected chi connectivity index (χ3v) is 3.12. The van der Waals surface area contributed by atoms with Gasteiger partial charge in [0.25, 0.3) is 0 Å². The van der Waals surface area contributed by atoms with E-state index in [0.717, 1.165) is 31.7 Å². The fourth-order valence-corrected chi connectivity index (χ4v) is 1.70. The van der Waals surface area contributed by atoms with Crippen LogP contribution in [0.3, 0.4) is 0 Å². The molecule has 0 bridgehead atoms. The Hall–Kier alpha value is -1.02. The molecule has 0 aliphatic rings. The van der Waals surface area contributed by atoms with Crippen LogP contribution in [-0.2, 0) is 0 Å². The lowest BCUT2D eigenvalue weighted by Crippen LogP contribution is -2.43. The predicted molar refractivity (Wildman–Crippen MR) is 73.7 cm³/mol. The number of hydrogen-bond acceptors (Lipinski definition) is 2. The Kier molecular flexibility index (Phi) is 5.49. The fraction of sp³-hybridized carbons (Fsp3) is 0.600. The van der Waals surface area contributed by atoms with E-state index >= 15 is 0 Å². The first-order chi connectivity index (χ1) is 8.11. The van der Waals surface area contributed by atoms with E-state index in [0.29, 0.717) is 0 Å². The Labute approximate surface area is 105 Å². The van der Waals surface area contributed by atoms with Crippen LogP contribution in [0, 0.1) is 6.92 Å². The molecule has 1 aromatic rings. The lowest BCUT2D eigenvalue weighted by Gasteiger charge is -2.30. The normalized spacial score (nSPS) is 14.4. The second-order valence-electron chi connectivity index (χ2n) is 4.85. The van der Waals surface area contributed by atoms with Crippen LogP contribution >= 0.6 is 0 Å². The monoisotopic (exact) mass is 235 g/mol. The summed E-state index contributed by atoms with van der Waals surface area (Å²) in [5.74, 6) is 0.996. The van der Waals surface area contributed by atoms with Crippen molar-refractivity contribution in [2.45, 2.75) is 46.1 Å². The van der Waals surface area contributed by atoms with Crippen LogP contribution in [0.2, 0.25) is 0 Å². The predicted octanol–water partition coefficient (Wildman–Crippen LogP) is 3.54. The minimum Gasteiger partial charge on any atom is -0.486 e. The van der Waals surface area contributed by atoms with E-state index < -0.39 is 0 Å². The molecular formula is C15H25NO. The van der Waals surface area contributed by atoms with E-state index in [1.54, 1.807) is 0 Å². The van der Waals surface area contributed by atoms with Gasteiger partial charge in [0.05, 0.1) is 0 Å². The van der Waals surface area contributed by atoms with Crippen LogP contribution in [-0.4, -0.2) is 18.7 Å². The molecule has 0 aliphatic heterocycles. The minimum absolute atomic E-state index is 0.124. The number of benzene rings is 1. The maximum atomic E-state index is 6.17. The van der Waals surface area contributed by atoms with Crippen molar-refractivity contribution in [2.24, 2.45) is 0 Å². The third-order valence-electron chi connectivity index (χ3n) is 3.12. The molecule has 0 heterocycles. The van der Waals surface area contributed by atoms with Gasteiger partial charge in [-0.25, -0.2) is 0 Å². The van der Waals surface area contributed by atoms with Crippen molar-refractivity contribution in [3.05, 3.63) is 29.8 Å². The molecule has 1 unspecified atom stereocenters. The van der Waals surface area contributed by atoms with Gasteiger partial charge in [0.2, 0.25) is 0 Å². The van der Waals surface area contributed by atoms with Crippen LogP contribution in [0.5, 0.6) is 5.75 Å². The second kappa shape index (κ2) is 6.65. The smallest absolute Gasteiger partial charge is 0.123 e. The topological polar surface area (TPSA) is 21.3 Å². The fourth-order valence-electron chi connectivity index (χ4n) is 1.70. The molecule has 1 atom stereocenters. The van der Waals surface area contributed by atoms with Crippen molar-refractivity contribution in [3.63, 3.8) is 0 Å². The SMILES string of the molecule is CCCNCC(C)(CC)Oc1ccccc1C. The van der Waals surface area contributed by atoms with Crippen LogP contribution < -0.4 is 10.1 Å². The molecule has 0 radical (unpaired) electrons. The van der Waals surface area contributed by atoms with E-state index in [-0.39, 0.29) is 5.60 Å². The zero-order valence-electron chi connectivity index (χ0n) is 11.5. The largest absolute Gasteiger partial charge is 0.486 e. The van der Waals surface area contributed by atoms with Crippen molar-refractivity contribution < 1.29 is 4.74 Å². The first-order valence-electron chi connectivity index (χ1n) is 6.56. The summed E-state index contributed by atoms with van der Waals surface area (Å²) in [4.78, 5) is 0. The maximum absolute atomic E-state index is 6.17. The number of rotatable bonds is 7. The van der Waals surface area contributed by atoms with Gasteiger partial charge in [-0.3, -0.25) is 0 Å². The molecule has 0 saturated carbocycles. The van der Waals surface area contributed by atoms with Gasteiger partial charge >= 0.3 is 0 Å². The molecule has 1 aromatic carbocycles. The van der Waals surface area contributed by atoms with Crippen molar-refractivity contribution >= 4 is 0 Å². The standard InChI is InChI=1S/C15H25NO/c1-5-11-16-12-15(4,6-2)17-14-10-8-7-9-13(14)3/h7-10,16H,5-6,11-12H2,1-4H3. The molecular weight excluding hydrogens is 210 g/mol. The van der Waals surface area contributed by atoms with Gasteiger partial charge in [-0.15, -0.1) is 0 Å². The van der Waals surface area contributed by atoms with E-state index in [4.69, 9.17) is 4.74 Å². The molecule has 17 heavy (non-hydrogen) atoms. The van der Waals surface area contributed by atoms with Crippen molar-refractivity contribution in [1.29, 1.82) is 0 Å². The van der Waals surface area contributed by atoms with Crippen molar-refractivity contribution in [1.82, 2.24) is 5.32 Å². The minimum atomic E-state index is -0.124. The molecule has 0 amide bonds. The quantitative estimate of drug-likeness (QED) is 0.730. The summed E-state index contributed by atoms with van der Waals surface area (Å²) in [5, 5.41) is 3.44. The average molecular weight is 235 g/mol. The van der Waals surface area contributed by atoms with Crippen LogP contribution in [0.15, 0.2) is 24.3 Å². The first kappa shape index (κ1) is 14.0. The molecule has 0 saturated heterocycles. The highest BCUT2D eigenvalue weighted by Gasteiger charge is 2.24. The Morgan fingerprint density at radius 2 is 1.94 bits per heavy atom. The molecule has 1 N–H and O–H groups in total. The molecule has 1 rings (SSSR count). The number of para-hydroxylation sites is 1. The molecule has 2 heteroatoms. The van der Waals surface area contributed by atoms with Crippen molar-refractivity contribution in [3.8, 4) is 5.75 Å². The Morgan fingerprint density at radius 3 is 2.53 bits per heavy atom. The van der Waals surface area contributed by atoms with E-state index in [1.165, 1.54) is 5.56 Å². The van der Waals surface area contributed by atoms with Crippen LogP contribution in [0.25, 0.3) is 0 Å². The molecule has 0 aliphatic carbocycles. The third kappa shape index (κ3) is 4.39. The van der Waals surface area contributed by atoms with Gasteiger partial charge in [0, 0.05) is 6.54 Å². The number of nitrogens with one attached hydrogen (secondary N) is 1. The lowest BCUT2D eigenvalue weighted by molar-refractivity contribution is 0.0829. The summed E-state index contributed by atoms with van der Waals surface area (Å²) >= 11 is 0.